The average Bonchev–Trinajstić information content (AvgIpc) is 2.70. The zero-order valence-electron chi connectivity index (χ0n) is 14.3. The van der Waals surface area contributed by atoms with E-state index in [1.54, 1.807) is 0 Å². The maximum absolute atomic E-state index is 10.7. The molecule has 1 aliphatic rings. The van der Waals surface area contributed by atoms with Crippen molar-refractivity contribution in [2.24, 2.45) is 0 Å². The van der Waals surface area contributed by atoms with E-state index in [1.165, 1.54) is 51.4 Å². The Morgan fingerprint density at radius 1 is 0.917 bits per heavy atom. The van der Waals surface area contributed by atoms with E-state index in [4.69, 9.17) is 11.6 Å². The first-order valence-electron chi connectivity index (χ1n) is 8.25. The molecule has 0 N–H and O–H groups in total. The van der Waals surface area contributed by atoms with Crippen LogP contribution in [0, 0.1) is 0 Å². The second-order valence-electron chi connectivity index (χ2n) is 6.11. The maximum atomic E-state index is 9.87. The Labute approximate surface area is 145 Å². The average molecular weight is 405 g/mol. The summed E-state index contributed by atoms with van der Waals surface area (Å²) in [6.45, 7) is 5.59. The molecule has 0 saturated heterocycles. The van der Waals surface area contributed by atoms with Gasteiger partial charge in [-0.3, -0.25) is 4.58 Å². The van der Waals surface area contributed by atoms with Crippen LogP contribution < -0.4 is 0 Å². The second-order valence-corrected chi connectivity index (χ2v) is 8.37. The number of hydrogen-bond donors (Lipinski definition) is 0. The number of halogens is 7. The number of nitrogens with zero attached hydrogens (tertiary/aromatic N) is 2. The summed E-state index contributed by atoms with van der Waals surface area (Å²) in [5.41, 5.74) is 0. The molecule has 0 aliphatic carbocycles. The van der Waals surface area contributed by atoms with Crippen molar-refractivity contribution < 1.29 is 29.8 Å². The summed E-state index contributed by atoms with van der Waals surface area (Å²) in [6, 6.07) is 0. The zero-order valence-corrected chi connectivity index (χ0v) is 15.9. The summed E-state index contributed by atoms with van der Waals surface area (Å²) in [5.74, 6) is 0. The summed E-state index contributed by atoms with van der Waals surface area (Å²) >= 11 is 6.19. The van der Waals surface area contributed by atoms with Gasteiger partial charge < -0.3 is 0 Å². The molecule has 1 heterocycles. The van der Waals surface area contributed by atoms with Gasteiger partial charge in [0.05, 0.1) is 13.6 Å². The monoisotopic (exact) mass is 404 g/mol. The molecule has 1 aliphatic heterocycles. The van der Waals surface area contributed by atoms with Gasteiger partial charge in [0.1, 0.15) is 13.1 Å². The fourth-order valence-corrected chi connectivity index (χ4v) is 2.59. The second kappa shape index (κ2) is 8.93. The van der Waals surface area contributed by atoms with E-state index in [1.807, 2.05) is 0 Å². The van der Waals surface area contributed by atoms with Gasteiger partial charge in [-0.1, -0.05) is 45.4 Å². The summed E-state index contributed by atoms with van der Waals surface area (Å²) in [4.78, 5) is 2.30. The molecule has 0 aromatic heterocycles. The van der Waals surface area contributed by atoms with Crippen LogP contribution in [0.3, 0.4) is 0 Å². The van der Waals surface area contributed by atoms with Gasteiger partial charge in [0.2, 0.25) is 0 Å². The molecule has 0 fully saturated rings. The Morgan fingerprint density at radius 3 is 1.71 bits per heavy atom. The van der Waals surface area contributed by atoms with Crippen LogP contribution in [0.15, 0.2) is 0 Å². The van der Waals surface area contributed by atoms with Gasteiger partial charge in [-0.2, -0.15) is 0 Å². The van der Waals surface area contributed by atoms with E-state index in [9.17, 15) is 25.2 Å². The topological polar surface area (TPSA) is 6.25 Å². The molecule has 1 rings (SSSR count). The first kappa shape index (κ1) is 23.8. The van der Waals surface area contributed by atoms with Crippen molar-refractivity contribution in [3.05, 3.63) is 0 Å². The van der Waals surface area contributed by atoms with Crippen LogP contribution in [-0.2, 0) is 0 Å². The number of likely N-dealkylation sites (N-methyl/N-ethyl adjacent to an activating group) is 1. The van der Waals surface area contributed by atoms with E-state index >= 15 is 0 Å². The normalized spacial score (nSPS) is 18.1. The molecule has 0 amide bonds. The summed E-state index contributed by atoms with van der Waals surface area (Å²) < 4.78 is 61.3. The molecule has 0 aromatic rings. The first-order chi connectivity index (χ1) is 10.7. The van der Waals surface area contributed by atoms with Crippen LogP contribution >= 0.6 is 19.4 Å². The van der Waals surface area contributed by atoms with Crippen LogP contribution in [-0.4, -0.2) is 41.5 Å². The molecule has 24 heavy (non-hydrogen) atoms. The molecular formula is C14H28ClF6N2P. The molecular weight excluding hydrogens is 377 g/mol. The standard InChI is InChI=1S/C14H28ClN2.F6P/c1-3-4-5-6-7-8-9-10-11-17-13-12-16(2)14(17)15;1-7(2,3,4,5)6/h3-13H2,1-2H3;/q+1;-1. The summed E-state index contributed by atoms with van der Waals surface area (Å²) in [6.07, 6.45) is 11.1. The number of amidine groups is 1. The molecule has 0 bridgehead atoms. The number of rotatable bonds is 9. The van der Waals surface area contributed by atoms with Crippen LogP contribution in [0.1, 0.15) is 58.3 Å². The van der Waals surface area contributed by atoms with Crippen molar-refractivity contribution in [3.8, 4) is 0 Å². The molecule has 0 atom stereocenters. The third-order valence-electron chi connectivity index (χ3n) is 3.56. The molecule has 0 unspecified atom stereocenters. The zero-order chi connectivity index (χ0) is 18.9. The minimum absolute atomic E-state index is 0.938. The van der Waals surface area contributed by atoms with Crippen LogP contribution in [0.4, 0.5) is 25.2 Å². The SMILES string of the molecule is CCCCCCCCCCN1CC[N+](C)=C1Cl.F[P-](F)(F)(F)(F)F. The molecule has 10 heteroatoms. The minimum atomic E-state index is -10.7. The van der Waals surface area contributed by atoms with Crippen molar-refractivity contribution in [3.63, 3.8) is 0 Å². The van der Waals surface area contributed by atoms with Crippen molar-refractivity contribution in [1.29, 1.82) is 0 Å². The van der Waals surface area contributed by atoms with Crippen LogP contribution in [0.25, 0.3) is 0 Å². The number of hydrogen-bond acceptors (Lipinski definition) is 1. The van der Waals surface area contributed by atoms with Crippen molar-refractivity contribution >= 4 is 24.7 Å². The first-order valence-corrected chi connectivity index (χ1v) is 10.7. The Bertz CT molecular complexity index is 398. The van der Waals surface area contributed by atoms with E-state index in [2.05, 4.69) is 23.4 Å². The van der Waals surface area contributed by atoms with Gasteiger partial charge in [-0.25, -0.2) is 4.90 Å². The fourth-order valence-electron chi connectivity index (χ4n) is 2.34. The number of unbranched alkanes of at least 4 members (excludes halogenated alkanes) is 7. The molecule has 148 valence electrons. The van der Waals surface area contributed by atoms with E-state index in [0.29, 0.717) is 0 Å². The molecule has 0 aromatic carbocycles. The van der Waals surface area contributed by atoms with E-state index in [0.717, 1.165) is 24.9 Å². The van der Waals surface area contributed by atoms with Gasteiger partial charge in [0.25, 0.3) is 0 Å². The van der Waals surface area contributed by atoms with E-state index < -0.39 is 7.81 Å². The summed E-state index contributed by atoms with van der Waals surface area (Å²) in [5, 5.41) is 0.938. The third kappa shape index (κ3) is 18.1. The van der Waals surface area contributed by atoms with Gasteiger partial charge in [0.15, 0.2) is 0 Å². The van der Waals surface area contributed by atoms with E-state index in [-0.39, 0.29) is 0 Å². The van der Waals surface area contributed by atoms with Crippen molar-refractivity contribution in [1.82, 2.24) is 4.90 Å². The van der Waals surface area contributed by atoms with Gasteiger partial charge >= 0.3 is 38.3 Å². The summed E-state index contributed by atoms with van der Waals surface area (Å²) in [7, 11) is -8.59. The quantitative estimate of drug-likeness (QED) is 0.131. The molecule has 0 radical (unpaired) electrons. The van der Waals surface area contributed by atoms with Gasteiger partial charge in [-0.05, 0) is 12.8 Å². The van der Waals surface area contributed by atoms with Crippen LogP contribution in [0.2, 0.25) is 0 Å². The molecule has 0 saturated carbocycles. The fraction of sp³-hybridized carbons (Fsp3) is 0.929. The van der Waals surface area contributed by atoms with Crippen molar-refractivity contribution in [2.75, 3.05) is 26.7 Å². The van der Waals surface area contributed by atoms with Crippen LogP contribution in [0.5, 0.6) is 0 Å². The third-order valence-corrected chi connectivity index (χ3v) is 4.09. The van der Waals surface area contributed by atoms with Gasteiger partial charge in [0, 0.05) is 11.6 Å². The Morgan fingerprint density at radius 2 is 1.33 bits per heavy atom. The molecule has 0 spiro atoms. The Kier molecular flexibility index (Phi) is 8.84. The predicted molar refractivity (Wildman–Crippen MR) is 89.7 cm³/mol. The Balaban J connectivity index is 0.000000640. The predicted octanol–water partition coefficient (Wildman–Crippen LogP) is 7.06. The Hall–Kier alpha value is -0.230. The van der Waals surface area contributed by atoms with Crippen molar-refractivity contribution in [2.45, 2.75) is 58.3 Å². The van der Waals surface area contributed by atoms with Gasteiger partial charge in [-0.15, -0.1) is 0 Å². The molecule has 2 nitrogen and oxygen atoms in total.